The van der Waals surface area contributed by atoms with E-state index in [1.807, 2.05) is 42.0 Å². The van der Waals surface area contributed by atoms with Gasteiger partial charge >= 0.3 is 0 Å². The van der Waals surface area contributed by atoms with Gasteiger partial charge in [-0.25, -0.2) is 4.98 Å². The first-order valence-corrected chi connectivity index (χ1v) is 8.63. The summed E-state index contributed by atoms with van der Waals surface area (Å²) >= 11 is 0. The van der Waals surface area contributed by atoms with E-state index in [9.17, 15) is 4.79 Å². The Morgan fingerprint density at radius 1 is 1.27 bits per heavy atom. The molecule has 2 aromatic heterocycles. The van der Waals surface area contributed by atoms with E-state index in [0.717, 1.165) is 5.56 Å². The number of nitrogens with zero attached hydrogens (tertiary/aromatic N) is 3. The largest absolute Gasteiger partial charge is 0.355 e. The zero-order valence-electron chi connectivity index (χ0n) is 15.6. The number of aryl methyl sites for hydroxylation is 1. The minimum absolute atomic E-state index is 0.0799. The number of rotatable bonds is 5. The van der Waals surface area contributed by atoms with Gasteiger partial charge in [0.2, 0.25) is 0 Å². The van der Waals surface area contributed by atoms with Crippen LogP contribution in [0, 0.1) is 12.3 Å². The van der Waals surface area contributed by atoms with Crippen molar-refractivity contribution in [1.82, 2.24) is 20.0 Å². The molecule has 1 aromatic carbocycles. The lowest BCUT2D eigenvalue weighted by atomic mass is 9.86. The summed E-state index contributed by atoms with van der Waals surface area (Å²) in [5.41, 5.74) is 2.22. The summed E-state index contributed by atoms with van der Waals surface area (Å²) < 4.78 is 7.31. The molecule has 0 fully saturated rings. The molecule has 0 bridgehead atoms. The molecule has 0 spiro atoms. The smallest absolute Gasteiger partial charge is 0.273 e. The Balaban J connectivity index is 1.74. The second-order valence-corrected chi connectivity index (χ2v) is 7.59. The summed E-state index contributed by atoms with van der Waals surface area (Å²) in [7, 11) is 0. The summed E-state index contributed by atoms with van der Waals surface area (Å²) in [5, 5.41) is 7.02. The molecule has 1 unspecified atom stereocenters. The number of hydrogen-bond acceptors (Lipinski definition) is 4. The monoisotopic (exact) mass is 352 g/mol. The molecule has 2 heterocycles. The lowest BCUT2D eigenvalue weighted by molar-refractivity contribution is 0.0883. The fourth-order valence-corrected chi connectivity index (χ4v) is 2.61. The standard InChI is InChI=1S/C20H24N4O2/c1-14-5-7-15(8-6-14)17-11-16(23-26-17)19(25)22-18(20(2,3)4)12-24-10-9-21-13-24/h5-11,13,18H,12H2,1-4H3,(H,22,25). The number of carbonyl (C=O) groups excluding carboxylic acids is 1. The highest BCUT2D eigenvalue weighted by molar-refractivity contribution is 5.93. The first kappa shape index (κ1) is 17.9. The Labute approximate surface area is 153 Å². The Bertz CT molecular complexity index is 858. The van der Waals surface area contributed by atoms with Crippen LogP contribution < -0.4 is 5.32 Å². The third-order valence-electron chi connectivity index (χ3n) is 4.38. The topological polar surface area (TPSA) is 73.0 Å². The van der Waals surface area contributed by atoms with Crippen molar-refractivity contribution in [2.45, 2.75) is 40.3 Å². The number of aromatic nitrogens is 3. The molecule has 6 heteroatoms. The van der Waals surface area contributed by atoms with Gasteiger partial charge in [0.15, 0.2) is 11.5 Å². The normalized spacial score (nSPS) is 12.8. The van der Waals surface area contributed by atoms with Crippen LogP contribution in [0.4, 0.5) is 0 Å². The number of hydrogen-bond donors (Lipinski definition) is 1. The summed E-state index contributed by atoms with van der Waals surface area (Å²) in [5.74, 6) is 0.337. The van der Waals surface area contributed by atoms with Crippen LogP contribution >= 0.6 is 0 Å². The number of amides is 1. The SMILES string of the molecule is Cc1ccc(-c2cc(C(=O)NC(Cn3ccnc3)C(C)(C)C)no2)cc1. The van der Waals surface area contributed by atoms with Crippen LogP contribution in [0.2, 0.25) is 0 Å². The molecule has 26 heavy (non-hydrogen) atoms. The lowest BCUT2D eigenvalue weighted by Crippen LogP contribution is -2.46. The quantitative estimate of drug-likeness (QED) is 0.760. The summed E-state index contributed by atoms with van der Waals surface area (Å²) in [6.07, 6.45) is 5.36. The van der Waals surface area contributed by atoms with Crippen LogP contribution in [0.5, 0.6) is 0 Å². The Morgan fingerprint density at radius 3 is 2.62 bits per heavy atom. The van der Waals surface area contributed by atoms with Gasteiger partial charge in [0.05, 0.1) is 12.4 Å². The molecular weight excluding hydrogens is 328 g/mol. The van der Waals surface area contributed by atoms with Gasteiger partial charge in [-0.1, -0.05) is 55.8 Å². The minimum Gasteiger partial charge on any atom is -0.355 e. The molecule has 0 aliphatic carbocycles. The third-order valence-corrected chi connectivity index (χ3v) is 4.38. The van der Waals surface area contributed by atoms with Crippen LogP contribution in [-0.2, 0) is 6.54 Å². The van der Waals surface area contributed by atoms with E-state index < -0.39 is 0 Å². The number of benzene rings is 1. The zero-order valence-corrected chi connectivity index (χ0v) is 15.6. The summed E-state index contributed by atoms with van der Waals surface area (Å²) in [6.45, 7) is 8.94. The average molecular weight is 352 g/mol. The van der Waals surface area contributed by atoms with E-state index >= 15 is 0 Å². The predicted molar refractivity (Wildman–Crippen MR) is 99.6 cm³/mol. The fourth-order valence-electron chi connectivity index (χ4n) is 2.61. The molecule has 0 radical (unpaired) electrons. The van der Waals surface area contributed by atoms with Gasteiger partial charge in [-0.3, -0.25) is 4.79 Å². The maximum atomic E-state index is 12.7. The highest BCUT2D eigenvalue weighted by Crippen LogP contribution is 2.23. The van der Waals surface area contributed by atoms with Gasteiger partial charge in [0.25, 0.3) is 5.91 Å². The van der Waals surface area contributed by atoms with Crippen molar-refractivity contribution in [2.24, 2.45) is 5.41 Å². The van der Waals surface area contributed by atoms with Crippen LogP contribution in [0.15, 0.2) is 53.6 Å². The Kier molecular flexibility index (Phi) is 4.93. The lowest BCUT2D eigenvalue weighted by Gasteiger charge is -2.31. The van der Waals surface area contributed by atoms with Gasteiger partial charge in [0.1, 0.15) is 0 Å². The van der Waals surface area contributed by atoms with Crippen molar-refractivity contribution in [2.75, 3.05) is 0 Å². The van der Waals surface area contributed by atoms with Crippen molar-refractivity contribution in [3.8, 4) is 11.3 Å². The second kappa shape index (κ2) is 7.15. The van der Waals surface area contributed by atoms with Crippen LogP contribution in [-0.4, -0.2) is 26.7 Å². The number of carbonyl (C=O) groups is 1. The second-order valence-electron chi connectivity index (χ2n) is 7.59. The molecule has 1 atom stereocenters. The average Bonchev–Trinajstić information content (AvgIpc) is 3.25. The van der Waals surface area contributed by atoms with E-state index in [2.05, 4.69) is 36.2 Å². The first-order chi connectivity index (χ1) is 12.3. The van der Waals surface area contributed by atoms with Crippen molar-refractivity contribution >= 4 is 5.91 Å². The van der Waals surface area contributed by atoms with Gasteiger partial charge in [0, 0.05) is 30.6 Å². The zero-order chi connectivity index (χ0) is 18.7. The van der Waals surface area contributed by atoms with Crippen molar-refractivity contribution in [3.63, 3.8) is 0 Å². The molecule has 3 aromatic rings. The first-order valence-electron chi connectivity index (χ1n) is 8.63. The van der Waals surface area contributed by atoms with Gasteiger partial charge in [-0.05, 0) is 12.3 Å². The minimum atomic E-state index is -0.243. The molecule has 0 saturated carbocycles. The molecule has 1 amide bonds. The molecule has 136 valence electrons. The van der Waals surface area contributed by atoms with E-state index in [1.54, 1.807) is 18.6 Å². The fraction of sp³-hybridized carbons (Fsp3) is 0.350. The highest BCUT2D eigenvalue weighted by Gasteiger charge is 2.28. The number of nitrogens with one attached hydrogen (secondary N) is 1. The highest BCUT2D eigenvalue weighted by atomic mass is 16.5. The summed E-state index contributed by atoms with van der Waals surface area (Å²) in [6, 6.07) is 9.50. The van der Waals surface area contributed by atoms with Crippen molar-refractivity contribution in [1.29, 1.82) is 0 Å². The summed E-state index contributed by atoms with van der Waals surface area (Å²) in [4.78, 5) is 16.7. The maximum absolute atomic E-state index is 12.7. The maximum Gasteiger partial charge on any atom is 0.273 e. The molecule has 1 N–H and O–H groups in total. The van der Waals surface area contributed by atoms with E-state index in [0.29, 0.717) is 12.3 Å². The molecular formula is C20H24N4O2. The van der Waals surface area contributed by atoms with Gasteiger partial charge < -0.3 is 14.4 Å². The van der Waals surface area contributed by atoms with Crippen LogP contribution in [0.1, 0.15) is 36.8 Å². The Morgan fingerprint density at radius 2 is 2.00 bits per heavy atom. The van der Waals surface area contributed by atoms with Gasteiger partial charge in [-0.15, -0.1) is 0 Å². The molecule has 0 aliphatic rings. The molecule has 0 aliphatic heterocycles. The molecule has 6 nitrogen and oxygen atoms in total. The van der Waals surface area contributed by atoms with Crippen LogP contribution in [0.25, 0.3) is 11.3 Å². The van der Waals surface area contributed by atoms with Crippen LogP contribution in [0.3, 0.4) is 0 Å². The van der Waals surface area contributed by atoms with E-state index in [1.165, 1.54) is 5.56 Å². The predicted octanol–water partition coefficient (Wildman–Crippen LogP) is 3.69. The molecule has 3 rings (SSSR count). The van der Waals surface area contributed by atoms with E-state index in [-0.39, 0.29) is 23.1 Å². The third kappa shape index (κ3) is 4.20. The van der Waals surface area contributed by atoms with E-state index in [4.69, 9.17) is 4.52 Å². The van der Waals surface area contributed by atoms with Crippen molar-refractivity contribution in [3.05, 3.63) is 60.3 Å². The molecule has 0 saturated heterocycles. The Hall–Kier alpha value is -2.89. The van der Waals surface area contributed by atoms with Gasteiger partial charge in [-0.2, -0.15) is 0 Å². The number of imidazole rings is 1. The van der Waals surface area contributed by atoms with Crippen molar-refractivity contribution < 1.29 is 9.32 Å².